The van der Waals surface area contributed by atoms with Crippen LogP contribution in [0, 0.1) is 5.41 Å². The summed E-state index contributed by atoms with van der Waals surface area (Å²) in [5.41, 5.74) is 2.92. The van der Waals surface area contributed by atoms with Gasteiger partial charge in [-0.2, -0.15) is 0 Å². The molecule has 1 heteroatoms. The number of benzene rings is 1. The molecular formula is C19H28O. The van der Waals surface area contributed by atoms with Crippen LogP contribution >= 0.6 is 0 Å². The Bertz CT molecular complexity index is 459. The van der Waals surface area contributed by atoms with Gasteiger partial charge < -0.3 is 0 Å². The molecule has 1 aromatic rings. The minimum atomic E-state index is -0.150. The van der Waals surface area contributed by atoms with Gasteiger partial charge in [-0.15, -0.1) is 0 Å². The Balaban J connectivity index is 2.00. The molecule has 0 radical (unpaired) electrons. The first-order valence-corrected chi connectivity index (χ1v) is 8.15. The minimum absolute atomic E-state index is 0.150. The van der Waals surface area contributed by atoms with E-state index in [1.54, 1.807) is 0 Å². The van der Waals surface area contributed by atoms with Crippen LogP contribution < -0.4 is 0 Å². The van der Waals surface area contributed by atoms with Gasteiger partial charge in [0.15, 0.2) is 0 Å². The molecule has 0 aromatic heterocycles. The van der Waals surface area contributed by atoms with Crippen LogP contribution in [-0.4, -0.2) is 5.78 Å². The van der Waals surface area contributed by atoms with Crippen molar-refractivity contribution in [1.82, 2.24) is 0 Å². The van der Waals surface area contributed by atoms with Gasteiger partial charge in [0, 0.05) is 11.8 Å². The Hall–Kier alpha value is -1.11. The molecule has 1 aliphatic rings. The van der Waals surface area contributed by atoms with Crippen molar-refractivity contribution in [3.63, 3.8) is 0 Å². The highest BCUT2D eigenvalue weighted by Crippen LogP contribution is 2.38. The largest absolute Gasteiger partial charge is 0.299 e. The highest BCUT2D eigenvalue weighted by molar-refractivity contribution is 5.83. The van der Waals surface area contributed by atoms with Crippen molar-refractivity contribution in [3.05, 3.63) is 35.4 Å². The van der Waals surface area contributed by atoms with Gasteiger partial charge in [0.05, 0.1) is 0 Å². The molecule has 2 rings (SSSR count). The minimum Gasteiger partial charge on any atom is -0.299 e. The first kappa shape index (κ1) is 15.3. The highest BCUT2D eigenvalue weighted by Gasteiger charge is 2.28. The summed E-state index contributed by atoms with van der Waals surface area (Å²) in [7, 11) is 0. The van der Waals surface area contributed by atoms with Gasteiger partial charge in [-0.1, -0.05) is 45.0 Å². The fourth-order valence-electron chi connectivity index (χ4n) is 3.39. The number of carbonyl (C=O) groups excluding carboxylic acids is 1. The normalized spacial score (nSPS) is 18.6. The summed E-state index contributed by atoms with van der Waals surface area (Å²) in [5.74, 6) is 1.10. The zero-order chi connectivity index (χ0) is 14.6. The van der Waals surface area contributed by atoms with Crippen molar-refractivity contribution in [2.45, 2.75) is 71.6 Å². The maximum absolute atomic E-state index is 12.2. The van der Waals surface area contributed by atoms with Gasteiger partial charge in [-0.25, -0.2) is 0 Å². The molecule has 1 aliphatic carbocycles. The summed E-state index contributed by atoms with van der Waals surface area (Å²) < 4.78 is 0. The van der Waals surface area contributed by atoms with E-state index in [0.717, 1.165) is 25.7 Å². The summed E-state index contributed by atoms with van der Waals surface area (Å²) in [5, 5.41) is 0. The van der Waals surface area contributed by atoms with Crippen molar-refractivity contribution in [1.29, 1.82) is 0 Å². The molecule has 0 fully saturated rings. The first-order valence-electron chi connectivity index (χ1n) is 8.15. The summed E-state index contributed by atoms with van der Waals surface area (Å²) >= 11 is 0. The summed E-state index contributed by atoms with van der Waals surface area (Å²) in [6.45, 7) is 6.34. The predicted octanol–water partition coefficient (Wildman–Crippen LogP) is 5.28. The second-order valence-corrected chi connectivity index (χ2v) is 6.88. The van der Waals surface area contributed by atoms with E-state index in [2.05, 4.69) is 45.0 Å². The van der Waals surface area contributed by atoms with E-state index in [-0.39, 0.29) is 5.41 Å². The van der Waals surface area contributed by atoms with Gasteiger partial charge >= 0.3 is 0 Å². The van der Waals surface area contributed by atoms with Crippen LogP contribution in [0.3, 0.4) is 0 Å². The second kappa shape index (κ2) is 6.56. The summed E-state index contributed by atoms with van der Waals surface area (Å²) in [6, 6.07) is 8.87. The number of hydrogen-bond acceptors (Lipinski definition) is 1. The standard InChI is InChI=1S/C19H28O/c1-4-8-18(20)19(2,3)14-13-16-11-7-10-15-9-5-6-12-17(15)16/h5-6,9,12,16H,4,7-8,10-11,13-14H2,1-3H3. The highest BCUT2D eigenvalue weighted by atomic mass is 16.1. The van der Waals surface area contributed by atoms with E-state index in [1.807, 2.05) is 0 Å². The van der Waals surface area contributed by atoms with Crippen LogP contribution in [0.15, 0.2) is 24.3 Å². The molecule has 1 aromatic carbocycles. The molecule has 110 valence electrons. The summed E-state index contributed by atoms with van der Waals surface area (Å²) in [6.07, 6.45) is 7.68. The molecule has 1 atom stereocenters. The van der Waals surface area contributed by atoms with Gasteiger partial charge in [-0.05, 0) is 55.6 Å². The van der Waals surface area contributed by atoms with E-state index in [0.29, 0.717) is 11.7 Å². The molecule has 20 heavy (non-hydrogen) atoms. The number of aryl methyl sites for hydroxylation is 1. The lowest BCUT2D eigenvalue weighted by Gasteiger charge is -2.29. The van der Waals surface area contributed by atoms with Gasteiger partial charge in [0.2, 0.25) is 0 Å². The molecule has 0 aliphatic heterocycles. The van der Waals surface area contributed by atoms with Gasteiger partial charge in [0.25, 0.3) is 0 Å². The topological polar surface area (TPSA) is 17.1 Å². The Kier molecular flexibility index (Phi) is 5.01. The van der Waals surface area contributed by atoms with Crippen LogP contribution in [0.1, 0.15) is 76.3 Å². The Morgan fingerprint density at radius 2 is 2.05 bits per heavy atom. The lowest BCUT2D eigenvalue weighted by atomic mass is 9.75. The molecule has 0 heterocycles. The van der Waals surface area contributed by atoms with Crippen molar-refractivity contribution >= 4 is 5.78 Å². The molecule has 0 saturated carbocycles. The predicted molar refractivity (Wildman–Crippen MR) is 85.1 cm³/mol. The second-order valence-electron chi connectivity index (χ2n) is 6.88. The Labute approximate surface area is 123 Å². The first-order chi connectivity index (χ1) is 9.54. The third-order valence-corrected chi connectivity index (χ3v) is 4.84. The number of Topliss-reactive ketones (excluding diaryl/α,β-unsaturated/α-hetero) is 1. The quantitative estimate of drug-likeness (QED) is 0.688. The van der Waals surface area contributed by atoms with Crippen molar-refractivity contribution in [2.75, 3.05) is 0 Å². The van der Waals surface area contributed by atoms with Gasteiger partial charge in [0.1, 0.15) is 5.78 Å². The van der Waals surface area contributed by atoms with Crippen molar-refractivity contribution in [3.8, 4) is 0 Å². The van der Waals surface area contributed by atoms with Crippen molar-refractivity contribution in [2.24, 2.45) is 5.41 Å². The molecule has 0 amide bonds. The molecule has 0 spiro atoms. The van der Waals surface area contributed by atoms with Crippen LogP contribution in [-0.2, 0) is 11.2 Å². The van der Waals surface area contributed by atoms with E-state index < -0.39 is 0 Å². The molecular weight excluding hydrogens is 244 g/mol. The number of carbonyl (C=O) groups is 1. The SMILES string of the molecule is CCCC(=O)C(C)(C)CCC1CCCc2ccccc21. The fraction of sp³-hybridized carbons (Fsp3) is 0.632. The third kappa shape index (κ3) is 3.50. The van der Waals surface area contributed by atoms with E-state index in [9.17, 15) is 4.79 Å². The van der Waals surface area contributed by atoms with Gasteiger partial charge in [-0.3, -0.25) is 4.79 Å². The number of fused-ring (bicyclic) bond motifs is 1. The van der Waals surface area contributed by atoms with E-state index >= 15 is 0 Å². The Morgan fingerprint density at radius 1 is 1.30 bits per heavy atom. The third-order valence-electron chi connectivity index (χ3n) is 4.84. The molecule has 1 nitrogen and oxygen atoms in total. The van der Waals surface area contributed by atoms with E-state index in [1.165, 1.54) is 30.4 Å². The van der Waals surface area contributed by atoms with Crippen molar-refractivity contribution < 1.29 is 4.79 Å². The maximum Gasteiger partial charge on any atom is 0.138 e. The number of hydrogen-bond donors (Lipinski definition) is 0. The molecule has 0 saturated heterocycles. The lowest BCUT2D eigenvalue weighted by Crippen LogP contribution is -2.25. The Morgan fingerprint density at radius 3 is 2.80 bits per heavy atom. The number of rotatable bonds is 6. The zero-order valence-corrected chi connectivity index (χ0v) is 13.2. The van der Waals surface area contributed by atoms with Crippen LogP contribution in [0.2, 0.25) is 0 Å². The average molecular weight is 272 g/mol. The zero-order valence-electron chi connectivity index (χ0n) is 13.2. The average Bonchev–Trinajstić information content (AvgIpc) is 2.45. The molecule has 0 bridgehead atoms. The number of ketones is 1. The van der Waals surface area contributed by atoms with Crippen LogP contribution in [0.5, 0.6) is 0 Å². The fourth-order valence-corrected chi connectivity index (χ4v) is 3.39. The maximum atomic E-state index is 12.2. The molecule has 0 N–H and O–H groups in total. The van der Waals surface area contributed by atoms with E-state index in [4.69, 9.17) is 0 Å². The van der Waals surface area contributed by atoms with Crippen LogP contribution in [0.25, 0.3) is 0 Å². The van der Waals surface area contributed by atoms with Crippen LogP contribution in [0.4, 0.5) is 0 Å². The summed E-state index contributed by atoms with van der Waals surface area (Å²) in [4.78, 5) is 12.2. The molecule has 1 unspecified atom stereocenters. The monoisotopic (exact) mass is 272 g/mol. The smallest absolute Gasteiger partial charge is 0.138 e. The lowest BCUT2D eigenvalue weighted by molar-refractivity contribution is -0.127.